The van der Waals surface area contributed by atoms with Crippen LogP contribution in [0.3, 0.4) is 0 Å². The predicted octanol–water partition coefficient (Wildman–Crippen LogP) is 4.91. The highest BCUT2D eigenvalue weighted by Crippen LogP contribution is 2.33. The highest BCUT2D eigenvalue weighted by Gasteiger charge is 2.30. The fourth-order valence-corrected chi connectivity index (χ4v) is 6.83. The van der Waals surface area contributed by atoms with Crippen molar-refractivity contribution in [2.24, 2.45) is 5.92 Å². The minimum atomic E-state index is 0.0309. The monoisotopic (exact) mass is 555 g/mol. The average Bonchev–Trinajstić information content (AvgIpc) is 2.98. The lowest BCUT2D eigenvalue weighted by molar-refractivity contribution is -0.476. The molecule has 1 amide bonds. The minimum Gasteiger partial charge on any atom is -0.349 e. The number of hydrogen-bond donors (Lipinski definition) is 1. The van der Waals surface area contributed by atoms with Gasteiger partial charge in [0.25, 0.3) is 5.91 Å². The maximum absolute atomic E-state index is 14.3. The molecule has 41 heavy (non-hydrogen) atoms. The molecule has 0 radical (unpaired) electrons. The van der Waals surface area contributed by atoms with Crippen LogP contribution in [0.4, 0.5) is 0 Å². The first-order chi connectivity index (χ1) is 19.8. The number of nitrogens with zero attached hydrogens (tertiary/aromatic N) is 5. The number of para-hydroxylation sites is 1. The van der Waals surface area contributed by atoms with Crippen molar-refractivity contribution in [3.05, 3.63) is 65.7 Å². The van der Waals surface area contributed by atoms with Crippen LogP contribution in [-0.4, -0.2) is 96.5 Å². The Morgan fingerprint density at radius 3 is 2.29 bits per heavy atom. The van der Waals surface area contributed by atoms with Gasteiger partial charge < -0.3 is 5.32 Å². The first-order valence-corrected chi connectivity index (χ1v) is 15.3. The molecule has 0 spiro atoms. The van der Waals surface area contributed by atoms with Gasteiger partial charge in [0.1, 0.15) is 0 Å². The van der Waals surface area contributed by atoms with Crippen LogP contribution in [0.2, 0.25) is 0 Å². The van der Waals surface area contributed by atoms with Crippen molar-refractivity contribution >= 4 is 22.8 Å². The van der Waals surface area contributed by atoms with Crippen LogP contribution in [0, 0.1) is 5.92 Å². The molecule has 1 aliphatic carbocycles. The standard InChI is InChI=1S/C34H46N6O/c1-25(26-14-8-6-9-15-26)35-33(41)31-28-18-12-13-19-30(28)36-32(27-16-10-7-11-17-27)29(31)24-39-20-22-40(23-21-39)34(37(2)3)38(4)5/h7,10-13,16-19,25-26H,6,8-9,14-15,20-24H2,1-5H3/p+1. The van der Waals surface area contributed by atoms with E-state index in [9.17, 15) is 4.79 Å². The van der Waals surface area contributed by atoms with Crippen LogP contribution >= 0.6 is 0 Å². The van der Waals surface area contributed by atoms with Gasteiger partial charge in [0.15, 0.2) is 0 Å². The Kier molecular flexibility index (Phi) is 9.23. The first-order valence-electron chi connectivity index (χ1n) is 15.3. The largest absolute Gasteiger partial charge is 0.349 e. The van der Waals surface area contributed by atoms with Crippen molar-refractivity contribution in [2.75, 3.05) is 54.4 Å². The Morgan fingerprint density at radius 2 is 1.63 bits per heavy atom. The molecule has 3 aromatic rings. The van der Waals surface area contributed by atoms with E-state index in [1.165, 1.54) is 38.1 Å². The Hall–Kier alpha value is -3.45. The molecule has 7 nitrogen and oxygen atoms in total. The van der Waals surface area contributed by atoms with Gasteiger partial charge in [-0.2, -0.15) is 0 Å². The third kappa shape index (κ3) is 6.56. The summed E-state index contributed by atoms with van der Waals surface area (Å²) in [5.41, 5.74) is 4.65. The smallest absolute Gasteiger partial charge is 0.349 e. The molecule has 1 saturated heterocycles. The molecular formula is C34H47N6O+. The molecule has 2 heterocycles. The van der Waals surface area contributed by atoms with Crippen LogP contribution in [0.1, 0.15) is 54.9 Å². The number of rotatable bonds is 6. The molecule has 1 atom stereocenters. The lowest BCUT2D eigenvalue weighted by atomic mass is 9.84. The Labute approximate surface area is 245 Å². The summed E-state index contributed by atoms with van der Waals surface area (Å²) in [5.74, 6) is 1.80. The van der Waals surface area contributed by atoms with Gasteiger partial charge in [0, 0.05) is 42.2 Å². The van der Waals surface area contributed by atoms with E-state index >= 15 is 0 Å². The van der Waals surface area contributed by atoms with E-state index in [2.05, 4.69) is 90.0 Å². The first kappa shape index (κ1) is 29.1. The van der Waals surface area contributed by atoms with E-state index in [4.69, 9.17) is 4.98 Å². The van der Waals surface area contributed by atoms with Crippen molar-refractivity contribution in [1.29, 1.82) is 0 Å². The fourth-order valence-electron chi connectivity index (χ4n) is 6.83. The Balaban J connectivity index is 1.51. The van der Waals surface area contributed by atoms with E-state index in [1.807, 2.05) is 24.3 Å². The molecule has 1 N–H and O–H groups in total. The third-order valence-corrected chi connectivity index (χ3v) is 8.82. The van der Waals surface area contributed by atoms with E-state index in [0.717, 1.165) is 59.5 Å². The molecule has 2 fully saturated rings. The van der Waals surface area contributed by atoms with Crippen LogP contribution in [0.15, 0.2) is 54.6 Å². The summed E-state index contributed by atoms with van der Waals surface area (Å²) in [7, 11) is 8.42. The number of piperazine rings is 1. The van der Waals surface area contributed by atoms with Crippen LogP contribution in [0.25, 0.3) is 22.2 Å². The number of carbonyl (C=O) groups is 1. The number of nitrogens with one attached hydrogen (secondary N) is 1. The molecule has 218 valence electrons. The molecule has 1 aliphatic heterocycles. The molecule has 0 bridgehead atoms. The van der Waals surface area contributed by atoms with Crippen molar-refractivity contribution in [3.63, 3.8) is 0 Å². The zero-order chi connectivity index (χ0) is 28.9. The van der Waals surface area contributed by atoms with E-state index in [0.29, 0.717) is 12.5 Å². The van der Waals surface area contributed by atoms with Crippen molar-refractivity contribution in [1.82, 2.24) is 25.0 Å². The molecular weight excluding hydrogens is 508 g/mol. The summed E-state index contributed by atoms with van der Waals surface area (Å²) in [5, 5.41) is 4.39. The van der Waals surface area contributed by atoms with E-state index < -0.39 is 0 Å². The average molecular weight is 556 g/mol. The Morgan fingerprint density at radius 1 is 0.976 bits per heavy atom. The number of benzene rings is 2. The summed E-state index contributed by atoms with van der Waals surface area (Å²) in [6.07, 6.45) is 6.23. The van der Waals surface area contributed by atoms with Crippen LogP contribution in [0.5, 0.6) is 0 Å². The summed E-state index contributed by atoms with van der Waals surface area (Å²) >= 11 is 0. The maximum atomic E-state index is 14.3. The molecule has 2 aromatic carbocycles. The predicted molar refractivity (Wildman–Crippen MR) is 168 cm³/mol. The van der Waals surface area contributed by atoms with Gasteiger partial charge in [-0.1, -0.05) is 67.8 Å². The highest BCUT2D eigenvalue weighted by atomic mass is 16.1. The van der Waals surface area contributed by atoms with Gasteiger partial charge in [-0.3, -0.25) is 24.1 Å². The quantitative estimate of drug-likeness (QED) is 0.266. The second-order valence-corrected chi connectivity index (χ2v) is 12.2. The number of aromatic nitrogens is 1. The van der Waals surface area contributed by atoms with Crippen molar-refractivity contribution in [2.45, 2.75) is 51.6 Å². The summed E-state index contributed by atoms with van der Waals surface area (Å²) in [6, 6.07) is 18.7. The zero-order valence-electron chi connectivity index (χ0n) is 25.6. The second-order valence-electron chi connectivity index (χ2n) is 12.2. The topological polar surface area (TPSA) is 54.7 Å². The highest BCUT2D eigenvalue weighted by molar-refractivity contribution is 6.09. The maximum Gasteiger partial charge on any atom is 0.349 e. The van der Waals surface area contributed by atoms with Crippen molar-refractivity contribution < 1.29 is 9.37 Å². The molecule has 1 aromatic heterocycles. The number of hydrogen-bond acceptors (Lipinski definition) is 3. The normalized spacial score (nSPS) is 17.3. The summed E-state index contributed by atoms with van der Waals surface area (Å²) in [4.78, 5) is 26.6. The summed E-state index contributed by atoms with van der Waals surface area (Å²) in [6.45, 7) is 6.60. The van der Waals surface area contributed by atoms with Gasteiger partial charge in [-0.25, -0.2) is 4.98 Å². The lowest BCUT2D eigenvalue weighted by Gasteiger charge is -2.35. The molecule has 5 rings (SSSR count). The number of guanidine groups is 1. The third-order valence-electron chi connectivity index (χ3n) is 8.82. The minimum absolute atomic E-state index is 0.0309. The summed E-state index contributed by atoms with van der Waals surface area (Å²) < 4.78 is 2.19. The van der Waals surface area contributed by atoms with Gasteiger partial charge in [0.05, 0.1) is 58.1 Å². The van der Waals surface area contributed by atoms with Crippen LogP contribution < -0.4 is 5.32 Å². The number of fused-ring (bicyclic) bond motifs is 1. The van der Waals surface area contributed by atoms with E-state index in [-0.39, 0.29) is 11.9 Å². The number of amides is 1. The fraction of sp³-hybridized carbons (Fsp3) is 0.500. The van der Waals surface area contributed by atoms with Crippen LogP contribution in [-0.2, 0) is 6.54 Å². The lowest BCUT2D eigenvalue weighted by Crippen LogP contribution is -2.54. The second kappa shape index (κ2) is 13.0. The number of carbonyl (C=O) groups excluding carboxylic acids is 1. The number of pyridine rings is 1. The molecule has 1 unspecified atom stereocenters. The van der Waals surface area contributed by atoms with E-state index in [1.54, 1.807) is 0 Å². The molecule has 2 aliphatic rings. The Bertz CT molecular complexity index is 1370. The zero-order valence-corrected chi connectivity index (χ0v) is 25.6. The molecule has 1 saturated carbocycles. The van der Waals surface area contributed by atoms with Gasteiger partial charge >= 0.3 is 5.96 Å². The molecule has 7 heteroatoms. The van der Waals surface area contributed by atoms with Gasteiger partial charge in [-0.15, -0.1) is 0 Å². The van der Waals surface area contributed by atoms with Crippen molar-refractivity contribution in [3.8, 4) is 11.3 Å². The van der Waals surface area contributed by atoms with Gasteiger partial charge in [-0.05, 0) is 31.7 Å². The van der Waals surface area contributed by atoms with Gasteiger partial charge in [0.2, 0.25) is 0 Å². The SMILES string of the molecule is CC(NC(=O)c1c(CN2CCN(C(N(C)C)=[N+](C)C)CC2)c(-c2ccccc2)nc2ccccc12)C1CCCCC1.